The number of H-pyrrole nitrogens is 1. The van der Waals surface area contributed by atoms with Gasteiger partial charge in [0.2, 0.25) is 0 Å². The molecule has 10 heteroatoms. The molecule has 1 unspecified atom stereocenters. The van der Waals surface area contributed by atoms with Crippen LogP contribution in [0.25, 0.3) is 0 Å². The monoisotopic (exact) mass is 452 g/mol. The minimum absolute atomic E-state index is 0.0590. The lowest BCUT2D eigenvalue weighted by Crippen LogP contribution is -2.69. The van der Waals surface area contributed by atoms with Gasteiger partial charge in [-0.25, -0.2) is 4.79 Å². The fourth-order valence-corrected chi connectivity index (χ4v) is 5.31. The van der Waals surface area contributed by atoms with Crippen molar-refractivity contribution in [2.45, 2.75) is 43.3 Å². The van der Waals surface area contributed by atoms with E-state index in [1.165, 1.54) is 12.8 Å². The molecular weight excluding hydrogens is 420 g/mol. The molecule has 2 aromatic heterocycles. The molecule has 10 nitrogen and oxygen atoms in total. The van der Waals surface area contributed by atoms with Gasteiger partial charge in [0.25, 0.3) is 0 Å². The van der Waals surface area contributed by atoms with E-state index in [-0.39, 0.29) is 17.7 Å². The van der Waals surface area contributed by atoms with Crippen molar-refractivity contribution in [1.82, 2.24) is 24.6 Å². The summed E-state index contributed by atoms with van der Waals surface area (Å²) in [6, 6.07) is 2.47. The maximum absolute atomic E-state index is 12.3. The quantitative estimate of drug-likeness (QED) is 0.615. The second-order valence-corrected chi connectivity index (χ2v) is 9.92. The maximum atomic E-state index is 12.3. The number of rotatable bonds is 6. The lowest BCUT2D eigenvalue weighted by Gasteiger charge is -2.54. The number of ether oxygens (including phenoxy) is 1. The van der Waals surface area contributed by atoms with E-state index in [2.05, 4.69) is 32.5 Å². The van der Waals surface area contributed by atoms with Gasteiger partial charge >= 0.3 is 6.09 Å². The van der Waals surface area contributed by atoms with E-state index < -0.39 is 0 Å². The molecule has 0 bridgehead atoms. The van der Waals surface area contributed by atoms with Crippen LogP contribution in [0.5, 0.6) is 0 Å². The predicted molar refractivity (Wildman–Crippen MR) is 124 cm³/mol. The van der Waals surface area contributed by atoms with E-state index in [4.69, 9.17) is 15.6 Å². The molecule has 0 radical (unpaired) electrons. The first-order chi connectivity index (χ1) is 16.1. The average molecular weight is 453 g/mol. The molecule has 0 aromatic carbocycles. The Bertz CT molecular complexity index is 1030. The van der Waals surface area contributed by atoms with Crippen molar-refractivity contribution in [3.63, 3.8) is 0 Å². The number of nitrogens with one attached hydrogen (secondary N) is 2. The van der Waals surface area contributed by atoms with Crippen LogP contribution in [0.3, 0.4) is 0 Å². The van der Waals surface area contributed by atoms with Crippen LogP contribution in [0.4, 0.5) is 10.6 Å². The number of carbonyl (C=O) groups is 1. The molecular formula is C23H32N8O2. The Hall–Kier alpha value is -2.85. The molecule has 1 amide bonds. The number of piperidine rings is 1. The summed E-state index contributed by atoms with van der Waals surface area (Å²) in [7, 11) is 0. The molecule has 1 aliphatic carbocycles. The SMILES string of the molecule is NCC1(n2cc(C3N=CNc4[nH]ccc43)cn2)CN(C2CCN(C(=O)OCC3CC3)CC2)C1. The van der Waals surface area contributed by atoms with E-state index >= 15 is 0 Å². The summed E-state index contributed by atoms with van der Waals surface area (Å²) in [5.74, 6) is 1.58. The fourth-order valence-electron chi connectivity index (χ4n) is 5.31. The molecule has 5 heterocycles. The second-order valence-electron chi connectivity index (χ2n) is 9.92. The van der Waals surface area contributed by atoms with Crippen LogP contribution in [0.1, 0.15) is 42.9 Å². The predicted octanol–water partition coefficient (Wildman–Crippen LogP) is 1.73. The standard InChI is InChI=1S/C23H32N8O2/c24-12-23(31-10-17(9-28-31)20-19-3-6-25-21(19)27-15-26-20)13-30(14-23)18-4-7-29(8-5-18)22(32)33-11-16-1-2-16/h3,6,9-10,15-16,18,20,25H,1-2,4-5,7-8,11-14,24H2,(H,26,27). The number of aromatic nitrogens is 3. The van der Waals surface area contributed by atoms with Gasteiger partial charge in [-0.3, -0.25) is 14.6 Å². The summed E-state index contributed by atoms with van der Waals surface area (Å²) < 4.78 is 7.50. The highest BCUT2D eigenvalue weighted by molar-refractivity contribution is 5.79. The number of likely N-dealkylation sites (tertiary alicyclic amines) is 2. The molecule has 2 saturated heterocycles. The zero-order valence-corrected chi connectivity index (χ0v) is 18.8. The summed E-state index contributed by atoms with van der Waals surface area (Å²) in [4.78, 5) is 24.4. The Morgan fingerprint density at radius 1 is 1.24 bits per heavy atom. The Balaban J connectivity index is 1.06. The van der Waals surface area contributed by atoms with Gasteiger partial charge in [0.05, 0.1) is 19.1 Å². The first-order valence-corrected chi connectivity index (χ1v) is 12.0. The Morgan fingerprint density at radius 2 is 2.06 bits per heavy atom. The number of fused-ring (bicyclic) bond motifs is 1. The zero-order valence-electron chi connectivity index (χ0n) is 18.8. The highest BCUT2D eigenvalue weighted by Crippen LogP contribution is 2.36. The van der Waals surface area contributed by atoms with Crippen LogP contribution in [-0.2, 0) is 10.3 Å². The van der Waals surface area contributed by atoms with E-state index in [0.717, 1.165) is 56.0 Å². The number of hydrogen-bond acceptors (Lipinski definition) is 7. The van der Waals surface area contributed by atoms with Crippen LogP contribution in [0.15, 0.2) is 29.6 Å². The van der Waals surface area contributed by atoms with Gasteiger partial charge in [-0.2, -0.15) is 5.10 Å². The summed E-state index contributed by atoms with van der Waals surface area (Å²) in [6.07, 6.45) is 11.9. The molecule has 0 spiro atoms. The largest absolute Gasteiger partial charge is 0.449 e. The maximum Gasteiger partial charge on any atom is 0.409 e. The lowest BCUT2D eigenvalue weighted by atomic mass is 9.86. The third kappa shape index (κ3) is 3.80. The summed E-state index contributed by atoms with van der Waals surface area (Å²) in [5.41, 5.74) is 8.27. The number of nitrogens with zero attached hydrogens (tertiary/aromatic N) is 5. The lowest BCUT2D eigenvalue weighted by molar-refractivity contribution is -0.0398. The summed E-state index contributed by atoms with van der Waals surface area (Å²) in [6.45, 7) is 4.42. The van der Waals surface area contributed by atoms with Crippen molar-refractivity contribution < 1.29 is 9.53 Å². The number of aliphatic imine (C=N–C) groups is 1. The molecule has 1 atom stereocenters. The van der Waals surface area contributed by atoms with Gasteiger partial charge < -0.3 is 25.7 Å². The molecule has 6 rings (SSSR count). The fraction of sp³-hybridized carbons (Fsp3) is 0.609. The molecule has 1 saturated carbocycles. The van der Waals surface area contributed by atoms with Crippen LogP contribution in [0, 0.1) is 5.92 Å². The topological polar surface area (TPSA) is 117 Å². The van der Waals surface area contributed by atoms with Gasteiger partial charge in [-0.05, 0) is 37.7 Å². The van der Waals surface area contributed by atoms with Crippen molar-refractivity contribution in [2.75, 3.05) is 44.6 Å². The van der Waals surface area contributed by atoms with Crippen molar-refractivity contribution >= 4 is 18.2 Å². The molecule has 4 N–H and O–H groups in total. The average Bonchev–Trinajstić information content (AvgIpc) is 3.30. The molecule has 3 aliphatic heterocycles. The number of aromatic amines is 1. The zero-order chi connectivity index (χ0) is 22.4. The van der Waals surface area contributed by atoms with Gasteiger partial charge in [0.1, 0.15) is 17.4 Å². The summed E-state index contributed by atoms with van der Waals surface area (Å²) in [5, 5.41) is 7.85. The van der Waals surface area contributed by atoms with Crippen molar-refractivity contribution in [2.24, 2.45) is 16.6 Å². The van der Waals surface area contributed by atoms with Crippen molar-refractivity contribution in [3.05, 3.63) is 35.8 Å². The van der Waals surface area contributed by atoms with Gasteiger partial charge in [0, 0.05) is 62.3 Å². The Morgan fingerprint density at radius 3 is 2.82 bits per heavy atom. The number of anilines is 1. The highest BCUT2D eigenvalue weighted by atomic mass is 16.6. The molecule has 2 aromatic rings. The van der Waals surface area contributed by atoms with Gasteiger partial charge in [0.15, 0.2) is 0 Å². The third-order valence-corrected chi connectivity index (χ3v) is 7.66. The smallest absolute Gasteiger partial charge is 0.409 e. The molecule has 33 heavy (non-hydrogen) atoms. The summed E-state index contributed by atoms with van der Waals surface area (Å²) >= 11 is 0. The first kappa shape index (κ1) is 20.7. The van der Waals surface area contributed by atoms with Crippen LogP contribution in [-0.4, -0.2) is 82.4 Å². The molecule has 3 fully saturated rings. The number of amides is 1. The van der Waals surface area contributed by atoms with Crippen LogP contribution in [0.2, 0.25) is 0 Å². The number of hydrogen-bond donors (Lipinski definition) is 3. The Labute approximate surface area is 193 Å². The van der Waals surface area contributed by atoms with Crippen molar-refractivity contribution in [1.29, 1.82) is 0 Å². The van der Waals surface area contributed by atoms with Gasteiger partial charge in [-0.1, -0.05) is 0 Å². The first-order valence-electron chi connectivity index (χ1n) is 12.0. The van der Waals surface area contributed by atoms with E-state index in [9.17, 15) is 4.79 Å². The molecule has 4 aliphatic rings. The van der Waals surface area contributed by atoms with E-state index in [1.54, 1.807) is 6.34 Å². The van der Waals surface area contributed by atoms with Crippen LogP contribution >= 0.6 is 0 Å². The third-order valence-electron chi connectivity index (χ3n) is 7.66. The highest BCUT2D eigenvalue weighted by Gasteiger charge is 2.47. The van der Waals surface area contributed by atoms with E-state index in [0.29, 0.717) is 25.1 Å². The number of nitrogens with two attached hydrogens (primary N) is 1. The second kappa shape index (κ2) is 8.18. The van der Waals surface area contributed by atoms with E-state index in [1.807, 2.05) is 22.0 Å². The number of carbonyl (C=O) groups excluding carboxylic acids is 1. The Kier molecular flexibility index (Phi) is 5.14. The molecule has 176 valence electrons. The van der Waals surface area contributed by atoms with Crippen LogP contribution < -0.4 is 11.1 Å². The minimum Gasteiger partial charge on any atom is -0.449 e. The van der Waals surface area contributed by atoms with Gasteiger partial charge in [-0.15, -0.1) is 0 Å². The van der Waals surface area contributed by atoms with Crippen molar-refractivity contribution in [3.8, 4) is 0 Å². The minimum atomic E-state index is -0.184. The normalized spacial score (nSPS) is 24.8.